The summed E-state index contributed by atoms with van der Waals surface area (Å²) in [5.41, 5.74) is -4.12. The molecule has 0 aromatic carbocycles. The van der Waals surface area contributed by atoms with Crippen molar-refractivity contribution in [2.24, 2.45) is 0 Å². The minimum atomic E-state index is -4.12. The first-order valence-corrected chi connectivity index (χ1v) is 6.87. The summed E-state index contributed by atoms with van der Waals surface area (Å²) in [5, 5.41) is 5.11. The third-order valence-corrected chi connectivity index (χ3v) is 3.77. The van der Waals surface area contributed by atoms with Crippen LogP contribution in [-0.2, 0) is 0 Å². The second kappa shape index (κ2) is 6.51. The molecule has 0 saturated carbocycles. The lowest BCUT2D eigenvalue weighted by Crippen LogP contribution is -2.23. The van der Waals surface area contributed by atoms with Gasteiger partial charge in [-0.05, 0) is 29.6 Å². The molecule has 0 aliphatic heterocycles. The number of thioether (sulfide) groups is 1. The lowest BCUT2D eigenvalue weighted by Gasteiger charge is -2.15. The molecule has 1 heterocycles. The van der Waals surface area contributed by atoms with Gasteiger partial charge in [0.05, 0.1) is 0 Å². The number of halogens is 3. The Balaban J connectivity index is 2.25. The van der Waals surface area contributed by atoms with E-state index >= 15 is 0 Å². The van der Waals surface area contributed by atoms with Crippen molar-refractivity contribution >= 4 is 23.1 Å². The van der Waals surface area contributed by atoms with Crippen LogP contribution in [0.1, 0.15) is 24.3 Å². The van der Waals surface area contributed by atoms with E-state index in [4.69, 9.17) is 0 Å². The van der Waals surface area contributed by atoms with Crippen molar-refractivity contribution in [3.63, 3.8) is 0 Å². The van der Waals surface area contributed by atoms with Gasteiger partial charge >= 0.3 is 5.51 Å². The summed E-state index contributed by atoms with van der Waals surface area (Å²) in [6, 6.07) is 4.13. The lowest BCUT2D eigenvalue weighted by atomic mass is 10.2. The highest BCUT2D eigenvalue weighted by Crippen LogP contribution is 2.29. The zero-order valence-electron chi connectivity index (χ0n) is 8.88. The Morgan fingerprint density at radius 2 is 2.25 bits per heavy atom. The van der Waals surface area contributed by atoms with Crippen molar-refractivity contribution < 1.29 is 13.2 Å². The third kappa shape index (κ3) is 5.23. The first kappa shape index (κ1) is 13.9. The van der Waals surface area contributed by atoms with E-state index in [9.17, 15) is 13.2 Å². The fourth-order valence-corrected chi connectivity index (χ4v) is 2.67. The van der Waals surface area contributed by atoms with E-state index in [1.807, 2.05) is 24.4 Å². The van der Waals surface area contributed by atoms with Crippen molar-refractivity contribution in [3.05, 3.63) is 22.4 Å². The molecule has 1 N–H and O–H groups in total. The number of hydrogen-bond acceptors (Lipinski definition) is 3. The lowest BCUT2D eigenvalue weighted by molar-refractivity contribution is -0.0327. The number of alkyl halides is 3. The molecule has 0 amide bonds. The molecule has 1 aromatic rings. The smallest absolute Gasteiger partial charge is 0.308 e. The van der Waals surface area contributed by atoms with Crippen LogP contribution in [-0.4, -0.2) is 17.8 Å². The molecule has 1 atom stereocenters. The molecule has 0 saturated heterocycles. The molecule has 6 heteroatoms. The largest absolute Gasteiger partial charge is 0.441 e. The topological polar surface area (TPSA) is 12.0 Å². The summed E-state index contributed by atoms with van der Waals surface area (Å²) in [5.74, 6) is 0.0609. The minimum absolute atomic E-state index is 0.0242. The molecule has 0 aliphatic rings. The van der Waals surface area contributed by atoms with Crippen LogP contribution in [0.3, 0.4) is 0 Å². The highest BCUT2D eigenvalue weighted by atomic mass is 32.2. The molecule has 1 rings (SSSR count). The highest BCUT2D eigenvalue weighted by molar-refractivity contribution is 8.00. The SMILES string of the molecule is CCC(NCCSC(F)(F)F)c1cccs1. The van der Waals surface area contributed by atoms with Crippen LogP contribution in [0.15, 0.2) is 17.5 Å². The predicted molar refractivity (Wildman–Crippen MR) is 63.9 cm³/mol. The molecule has 0 aliphatic carbocycles. The van der Waals surface area contributed by atoms with Gasteiger partial charge in [0.1, 0.15) is 0 Å². The van der Waals surface area contributed by atoms with E-state index in [0.717, 1.165) is 6.42 Å². The Kier molecular flexibility index (Phi) is 5.64. The monoisotopic (exact) mass is 269 g/mol. The van der Waals surface area contributed by atoms with Crippen LogP contribution in [0.2, 0.25) is 0 Å². The average Bonchev–Trinajstić information content (AvgIpc) is 2.69. The van der Waals surface area contributed by atoms with Gasteiger partial charge in [-0.15, -0.1) is 11.3 Å². The first-order chi connectivity index (χ1) is 7.53. The first-order valence-electron chi connectivity index (χ1n) is 5.00. The van der Waals surface area contributed by atoms with Gasteiger partial charge < -0.3 is 5.32 Å². The Morgan fingerprint density at radius 3 is 2.75 bits per heavy atom. The molecule has 16 heavy (non-hydrogen) atoms. The van der Waals surface area contributed by atoms with E-state index in [-0.39, 0.29) is 23.6 Å². The summed E-state index contributed by atoms with van der Waals surface area (Å²) < 4.78 is 35.6. The van der Waals surface area contributed by atoms with E-state index in [2.05, 4.69) is 5.32 Å². The minimum Gasteiger partial charge on any atom is -0.308 e. The maximum absolute atomic E-state index is 11.9. The van der Waals surface area contributed by atoms with Crippen LogP contribution in [0.25, 0.3) is 0 Å². The summed E-state index contributed by atoms with van der Waals surface area (Å²) in [6.07, 6.45) is 0.886. The maximum Gasteiger partial charge on any atom is 0.441 e. The average molecular weight is 269 g/mol. The van der Waals surface area contributed by atoms with Crippen LogP contribution >= 0.6 is 23.1 Å². The van der Waals surface area contributed by atoms with Crippen LogP contribution in [0.5, 0.6) is 0 Å². The Labute approximate surface area is 101 Å². The molecule has 1 aromatic heterocycles. The van der Waals surface area contributed by atoms with E-state index in [1.54, 1.807) is 11.3 Å². The number of thiophene rings is 1. The van der Waals surface area contributed by atoms with Crippen LogP contribution < -0.4 is 5.32 Å². The Hall–Kier alpha value is -0.200. The van der Waals surface area contributed by atoms with Crippen molar-refractivity contribution in [1.82, 2.24) is 5.32 Å². The molecule has 0 fully saturated rings. The van der Waals surface area contributed by atoms with Gasteiger partial charge in [-0.25, -0.2) is 0 Å². The molecular weight excluding hydrogens is 255 g/mol. The van der Waals surface area contributed by atoms with Crippen molar-refractivity contribution in [3.8, 4) is 0 Å². The fourth-order valence-electron chi connectivity index (χ4n) is 1.34. The predicted octanol–water partition coefficient (Wildman–Crippen LogP) is 4.04. The van der Waals surface area contributed by atoms with E-state index in [1.165, 1.54) is 4.88 Å². The molecule has 0 bridgehead atoms. The second-order valence-electron chi connectivity index (χ2n) is 3.22. The third-order valence-electron chi connectivity index (χ3n) is 2.05. The second-order valence-corrected chi connectivity index (χ2v) is 5.36. The Bertz CT molecular complexity index is 285. The van der Waals surface area contributed by atoms with E-state index < -0.39 is 5.51 Å². The molecule has 92 valence electrons. The normalized spacial score (nSPS) is 14.0. The molecular formula is C10H14F3NS2. The molecule has 1 unspecified atom stereocenters. The van der Waals surface area contributed by atoms with Gasteiger partial charge in [0.15, 0.2) is 0 Å². The fraction of sp³-hybridized carbons (Fsp3) is 0.600. The number of nitrogens with one attached hydrogen (secondary N) is 1. The molecule has 0 spiro atoms. The van der Waals surface area contributed by atoms with Crippen molar-refractivity contribution in [1.29, 1.82) is 0 Å². The van der Waals surface area contributed by atoms with E-state index in [0.29, 0.717) is 6.54 Å². The van der Waals surface area contributed by atoms with Gasteiger partial charge in [0.25, 0.3) is 0 Å². The van der Waals surface area contributed by atoms with Gasteiger partial charge in [-0.2, -0.15) is 13.2 Å². The van der Waals surface area contributed by atoms with Crippen molar-refractivity contribution in [2.75, 3.05) is 12.3 Å². The summed E-state index contributed by atoms with van der Waals surface area (Å²) in [6.45, 7) is 2.40. The zero-order valence-corrected chi connectivity index (χ0v) is 10.5. The molecule has 1 nitrogen and oxygen atoms in total. The van der Waals surface area contributed by atoms with Crippen LogP contribution in [0.4, 0.5) is 13.2 Å². The molecule has 0 radical (unpaired) electrons. The van der Waals surface area contributed by atoms with Gasteiger partial charge in [-0.3, -0.25) is 0 Å². The van der Waals surface area contributed by atoms with Gasteiger partial charge in [0.2, 0.25) is 0 Å². The maximum atomic E-state index is 11.9. The van der Waals surface area contributed by atoms with Gasteiger partial charge in [-0.1, -0.05) is 13.0 Å². The summed E-state index contributed by atoms with van der Waals surface area (Å²) >= 11 is 1.65. The quantitative estimate of drug-likeness (QED) is 0.782. The van der Waals surface area contributed by atoms with Crippen molar-refractivity contribution in [2.45, 2.75) is 24.9 Å². The highest BCUT2D eigenvalue weighted by Gasteiger charge is 2.27. The zero-order chi connectivity index (χ0) is 12.0. The van der Waals surface area contributed by atoms with Gasteiger partial charge in [0, 0.05) is 23.2 Å². The summed E-state index contributed by atoms with van der Waals surface area (Å²) in [7, 11) is 0. The Morgan fingerprint density at radius 1 is 1.50 bits per heavy atom. The number of rotatable bonds is 6. The van der Waals surface area contributed by atoms with Crippen LogP contribution in [0, 0.1) is 0 Å². The standard InChI is InChI=1S/C10H14F3NS2/c1-2-8(9-4-3-6-15-9)14-5-7-16-10(11,12)13/h3-4,6,8,14H,2,5,7H2,1H3. The summed E-state index contributed by atoms with van der Waals surface area (Å²) in [4.78, 5) is 1.18. The number of hydrogen-bond donors (Lipinski definition) is 1.